The Bertz CT molecular complexity index is 679. The summed E-state index contributed by atoms with van der Waals surface area (Å²) >= 11 is 0. The summed E-state index contributed by atoms with van der Waals surface area (Å²) in [6, 6.07) is 6.28. The lowest BCUT2D eigenvalue weighted by molar-refractivity contribution is -0.134. The van der Waals surface area contributed by atoms with E-state index in [1.54, 1.807) is 0 Å². The Balaban J connectivity index is 0.000000224. The van der Waals surface area contributed by atoms with Crippen LogP contribution in [0.2, 0.25) is 0 Å². The topological polar surface area (TPSA) is 94.9 Å². The first kappa shape index (κ1) is 17.9. The summed E-state index contributed by atoms with van der Waals surface area (Å²) in [7, 11) is 2.15. The van der Waals surface area contributed by atoms with E-state index in [-0.39, 0.29) is 0 Å². The first-order chi connectivity index (χ1) is 11.3. The summed E-state index contributed by atoms with van der Waals surface area (Å²) in [6.45, 7) is 4.28. The number of ketones is 1. The zero-order valence-electron chi connectivity index (χ0n) is 13.7. The largest absolute Gasteiger partial charge is 0.478 e. The van der Waals surface area contributed by atoms with E-state index in [1.165, 1.54) is 11.1 Å². The van der Waals surface area contributed by atoms with Gasteiger partial charge in [-0.1, -0.05) is 23.8 Å². The molecule has 1 aromatic carbocycles. The van der Waals surface area contributed by atoms with Gasteiger partial charge in [-0.05, 0) is 25.5 Å². The quantitative estimate of drug-likeness (QED) is 0.804. The summed E-state index contributed by atoms with van der Waals surface area (Å²) in [5.74, 6) is -1.05. The number of likely N-dealkylation sites (N-methyl/N-ethyl adjacent to an activating group) is 1. The maximum atomic E-state index is 12.0. The van der Waals surface area contributed by atoms with Crippen LogP contribution >= 0.6 is 0 Å². The molecular formula is C18H21NO5. The van der Waals surface area contributed by atoms with E-state index < -0.39 is 11.9 Å². The summed E-state index contributed by atoms with van der Waals surface area (Å²) in [4.78, 5) is 33.5. The minimum atomic E-state index is -1.26. The van der Waals surface area contributed by atoms with Crippen molar-refractivity contribution < 1.29 is 24.6 Å². The Morgan fingerprint density at radius 3 is 2.38 bits per heavy atom. The van der Waals surface area contributed by atoms with Crippen LogP contribution in [0.5, 0.6) is 0 Å². The third-order valence-corrected chi connectivity index (χ3v) is 4.35. The number of likely N-dealkylation sites (tertiary alicyclic amines) is 1. The molecule has 0 aromatic heterocycles. The van der Waals surface area contributed by atoms with Gasteiger partial charge in [0.2, 0.25) is 0 Å². The Hall–Kier alpha value is -2.47. The van der Waals surface area contributed by atoms with Crippen LogP contribution in [-0.4, -0.2) is 53.0 Å². The van der Waals surface area contributed by atoms with Gasteiger partial charge in [-0.3, -0.25) is 4.79 Å². The molecule has 24 heavy (non-hydrogen) atoms. The Kier molecular flexibility index (Phi) is 5.51. The van der Waals surface area contributed by atoms with E-state index in [0.717, 1.165) is 25.1 Å². The normalized spacial score (nSPS) is 22.5. The van der Waals surface area contributed by atoms with Gasteiger partial charge in [0.05, 0.1) is 0 Å². The molecule has 0 amide bonds. The third-order valence-electron chi connectivity index (χ3n) is 4.35. The van der Waals surface area contributed by atoms with E-state index in [9.17, 15) is 14.4 Å². The van der Waals surface area contributed by atoms with Crippen LogP contribution in [0.1, 0.15) is 33.8 Å². The molecule has 1 aliphatic heterocycles. The van der Waals surface area contributed by atoms with Gasteiger partial charge in [-0.25, -0.2) is 9.59 Å². The average Bonchev–Trinajstić information content (AvgIpc) is 2.86. The van der Waals surface area contributed by atoms with Crippen molar-refractivity contribution in [2.24, 2.45) is 5.92 Å². The zero-order chi connectivity index (χ0) is 17.9. The van der Waals surface area contributed by atoms with Crippen LogP contribution in [0.15, 0.2) is 30.4 Å². The molecule has 2 atom stereocenters. The molecular weight excluding hydrogens is 310 g/mol. The molecule has 6 nitrogen and oxygen atoms in total. The van der Waals surface area contributed by atoms with Crippen molar-refractivity contribution in [1.29, 1.82) is 0 Å². The van der Waals surface area contributed by atoms with E-state index >= 15 is 0 Å². The van der Waals surface area contributed by atoms with E-state index in [1.807, 2.05) is 6.07 Å². The summed E-state index contributed by atoms with van der Waals surface area (Å²) in [5.41, 5.74) is 3.54. The van der Waals surface area contributed by atoms with Gasteiger partial charge in [0.25, 0.3) is 0 Å². The van der Waals surface area contributed by atoms with Gasteiger partial charge < -0.3 is 15.1 Å². The SMILES string of the molecule is Cc1ccc2c(c1)[C@@H]1CN(C)C[C@@H]1CC2=O.O=C(O)C=CC(=O)O. The molecule has 3 rings (SSSR count). The molecule has 0 saturated carbocycles. The highest BCUT2D eigenvalue weighted by Crippen LogP contribution is 2.41. The van der Waals surface area contributed by atoms with Crippen molar-refractivity contribution in [3.8, 4) is 0 Å². The number of carbonyl (C=O) groups is 3. The lowest BCUT2D eigenvalue weighted by atomic mass is 9.76. The van der Waals surface area contributed by atoms with Crippen LogP contribution in [0.4, 0.5) is 0 Å². The molecule has 128 valence electrons. The summed E-state index contributed by atoms with van der Waals surface area (Å²) in [5, 5.41) is 15.6. The number of hydrogen-bond acceptors (Lipinski definition) is 4. The number of aliphatic carboxylic acids is 2. The summed E-state index contributed by atoms with van der Waals surface area (Å²) < 4.78 is 0. The molecule has 1 saturated heterocycles. The van der Waals surface area contributed by atoms with Crippen LogP contribution < -0.4 is 0 Å². The summed E-state index contributed by atoms with van der Waals surface area (Å²) in [6.07, 6.45) is 1.86. The van der Waals surface area contributed by atoms with Crippen LogP contribution in [0, 0.1) is 12.8 Å². The second-order valence-corrected chi connectivity index (χ2v) is 6.32. The second kappa shape index (κ2) is 7.40. The molecule has 0 bridgehead atoms. The number of carboxylic acid groups (broad SMARTS) is 2. The van der Waals surface area contributed by atoms with Crippen molar-refractivity contribution in [2.45, 2.75) is 19.3 Å². The predicted molar refractivity (Wildman–Crippen MR) is 88.3 cm³/mol. The highest BCUT2D eigenvalue weighted by Gasteiger charge is 2.39. The minimum Gasteiger partial charge on any atom is -0.478 e. The second-order valence-electron chi connectivity index (χ2n) is 6.32. The monoisotopic (exact) mass is 331 g/mol. The number of Topliss-reactive ketones (excluding diaryl/α,β-unsaturated/α-hetero) is 1. The lowest BCUT2D eigenvalue weighted by Crippen LogP contribution is -2.24. The van der Waals surface area contributed by atoms with Gasteiger partial charge in [-0.15, -0.1) is 0 Å². The Labute approximate surface area is 140 Å². The number of benzene rings is 1. The van der Waals surface area contributed by atoms with Crippen LogP contribution in [-0.2, 0) is 9.59 Å². The molecule has 0 spiro atoms. The molecule has 2 N–H and O–H groups in total. The number of rotatable bonds is 2. The van der Waals surface area contributed by atoms with Crippen molar-refractivity contribution in [3.63, 3.8) is 0 Å². The maximum absolute atomic E-state index is 12.0. The average molecular weight is 331 g/mol. The fourth-order valence-electron chi connectivity index (χ4n) is 3.38. The fraction of sp³-hybridized carbons (Fsp3) is 0.389. The van der Waals surface area contributed by atoms with Crippen molar-refractivity contribution in [1.82, 2.24) is 4.90 Å². The smallest absolute Gasteiger partial charge is 0.328 e. The van der Waals surface area contributed by atoms with E-state index in [4.69, 9.17) is 10.2 Å². The molecule has 0 unspecified atom stereocenters. The van der Waals surface area contributed by atoms with Crippen LogP contribution in [0.3, 0.4) is 0 Å². The van der Waals surface area contributed by atoms with Gasteiger partial charge in [0.1, 0.15) is 0 Å². The van der Waals surface area contributed by atoms with Gasteiger partial charge in [0, 0.05) is 43.1 Å². The predicted octanol–water partition coefficient (Wildman–Crippen LogP) is 1.94. The van der Waals surface area contributed by atoms with Crippen molar-refractivity contribution in [2.75, 3.05) is 20.1 Å². The number of carboxylic acids is 2. The highest BCUT2D eigenvalue weighted by atomic mass is 16.4. The van der Waals surface area contributed by atoms with Gasteiger partial charge in [-0.2, -0.15) is 0 Å². The zero-order valence-corrected chi connectivity index (χ0v) is 13.7. The Morgan fingerprint density at radius 2 is 1.79 bits per heavy atom. The molecule has 1 fully saturated rings. The number of hydrogen-bond donors (Lipinski definition) is 2. The third kappa shape index (κ3) is 4.29. The van der Waals surface area contributed by atoms with E-state index in [0.29, 0.717) is 29.8 Å². The van der Waals surface area contributed by atoms with Gasteiger partial charge in [0.15, 0.2) is 5.78 Å². The van der Waals surface area contributed by atoms with Gasteiger partial charge >= 0.3 is 11.9 Å². The first-order valence-corrected chi connectivity index (χ1v) is 7.74. The highest BCUT2D eigenvalue weighted by molar-refractivity contribution is 5.99. The van der Waals surface area contributed by atoms with Crippen molar-refractivity contribution in [3.05, 3.63) is 47.0 Å². The molecule has 2 aliphatic rings. The fourth-order valence-corrected chi connectivity index (χ4v) is 3.38. The van der Waals surface area contributed by atoms with E-state index in [2.05, 4.69) is 31.0 Å². The number of aryl methyl sites for hydroxylation is 1. The molecule has 1 aromatic rings. The molecule has 1 heterocycles. The first-order valence-electron chi connectivity index (χ1n) is 7.74. The maximum Gasteiger partial charge on any atom is 0.328 e. The van der Waals surface area contributed by atoms with Crippen LogP contribution in [0.25, 0.3) is 0 Å². The number of carbonyl (C=O) groups excluding carboxylic acids is 1. The molecule has 6 heteroatoms. The Morgan fingerprint density at radius 1 is 1.17 bits per heavy atom. The molecule has 0 radical (unpaired) electrons. The molecule has 1 aliphatic carbocycles. The lowest BCUT2D eigenvalue weighted by Gasteiger charge is -2.26. The number of fused-ring (bicyclic) bond motifs is 3. The minimum absolute atomic E-state index is 0.339. The number of nitrogens with zero attached hydrogens (tertiary/aromatic N) is 1. The standard InChI is InChI=1S/C14H17NO.C4H4O4/c1-9-3-4-11-12(5-9)13-8-15(2)7-10(13)6-14(11)16;5-3(6)1-2-4(7)8/h3-5,10,13H,6-8H2,1-2H3;1-2H,(H,5,6)(H,7,8)/t10-,13+;/m0./s1. The van der Waals surface area contributed by atoms with Crippen molar-refractivity contribution >= 4 is 17.7 Å².